The summed E-state index contributed by atoms with van der Waals surface area (Å²) in [5.74, 6) is 0.404. The predicted molar refractivity (Wildman–Crippen MR) is 131 cm³/mol. The zero-order valence-corrected chi connectivity index (χ0v) is 19.3. The lowest BCUT2D eigenvalue weighted by Gasteiger charge is -2.10. The van der Waals surface area contributed by atoms with Crippen LogP contribution in [0.1, 0.15) is 68.1 Å². The number of nitrogens with one attached hydrogen (secondary N) is 2. The number of rotatable bonds is 8. The first-order valence-corrected chi connectivity index (χ1v) is 12.2. The third-order valence-corrected chi connectivity index (χ3v) is 7.26. The van der Waals surface area contributed by atoms with Gasteiger partial charge in [-0.3, -0.25) is 14.4 Å². The maximum atomic E-state index is 12.9. The van der Waals surface area contributed by atoms with E-state index in [0.717, 1.165) is 41.7 Å². The van der Waals surface area contributed by atoms with Gasteiger partial charge in [0.15, 0.2) is 5.78 Å². The second-order valence-corrected chi connectivity index (χ2v) is 10.1. The molecule has 1 heterocycles. The van der Waals surface area contributed by atoms with E-state index >= 15 is 0 Å². The number of carbonyl (C=O) groups is 3. The zero-order valence-electron chi connectivity index (χ0n) is 18.5. The van der Waals surface area contributed by atoms with Crippen LogP contribution in [0.15, 0.2) is 54.6 Å². The first-order valence-electron chi connectivity index (χ1n) is 11.4. The van der Waals surface area contributed by atoms with E-state index < -0.39 is 0 Å². The second kappa shape index (κ2) is 8.94. The van der Waals surface area contributed by atoms with E-state index in [1.165, 1.54) is 11.3 Å². The van der Waals surface area contributed by atoms with E-state index in [2.05, 4.69) is 10.6 Å². The highest BCUT2D eigenvalue weighted by atomic mass is 32.1. The number of amides is 2. The van der Waals surface area contributed by atoms with Gasteiger partial charge in [-0.25, -0.2) is 0 Å². The summed E-state index contributed by atoms with van der Waals surface area (Å²) in [7, 11) is 0. The van der Waals surface area contributed by atoms with Crippen molar-refractivity contribution in [3.8, 4) is 10.4 Å². The molecule has 2 aromatic carbocycles. The minimum Gasteiger partial charge on any atom is -0.349 e. The summed E-state index contributed by atoms with van der Waals surface area (Å²) in [5, 5.41) is 5.98. The van der Waals surface area contributed by atoms with E-state index in [4.69, 9.17) is 0 Å². The first-order chi connectivity index (χ1) is 16.0. The van der Waals surface area contributed by atoms with Crippen molar-refractivity contribution in [1.82, 2.24) is 5.32 Å². The highest BCUT2D eigenvalue weighted by molar-refractivity contribution is 7.17. The van der Waals surface area contributed by atoms with Crippen molar-refractivity contribution in [3.63, 3.8) is 0 Å². The molecule has 2 amide bonds. The highest BCUT2D eigenvalue weighted by Gasteiger charge is 2.25. The highest BCUT2D eigenvalue weighted by Crippen LogP contribution is 2.34. The number of anilines is 1. The van der Waals surface area contributed by atoms with Crippen LogP contribution in [0, 0.1) is 12.8 Å². The van der Waals surface area contributed by atoms with Crippen molar-refractivity contribution in [1.29, 1.82) is 0 Å². The molecular weight excluding hydrogens is 432 g/mol. The number of thiophene rings is 1. The van der Waals surface area contributed by atoms with Crippen molar-refractivity contribution in [3.05, 3.63) is 76.2 Å². The van der Waals surface area contributed by atoms with Gasteiger partial charge in [0.2, 0.25) is 0 Å². The lowest BCUT2D eigenvalue weighted by molar-refractivity contribution is 0.0948. The van der Waals surface area contributed by atoms with Crippen LogP contribution in [0.2, 0.25) is 0 Å². The van der Waals surface area contributed by atoms with Gasteiger partial charge in [-0.2, -0.15) is 0 Å². The zero-order chi connectivity index (χ0) is 22.9. The Balaban J connectivity index is 1.29. The Morgan fingerprint density at radius 1 is 0.909 bits per heavy atom. The molecule has 5 nitrogen and oxygen atoms in total. The molecule has 0 atom stereocenters. The van der Waals surface area contributed by atoms with Crippen LogP contribution < -0.4 is 10.6 Å². The summed E-state index contributed by atoms with van der Waals surface area (Å²) < 4.78 is 0. The van der Waals surface area contributed by atoms with Crippen LogP contribution in [0.4, 0.5) is 5.69 Å². The molecule has 2 aliphatic rings. The molecule has 3 aromatic rings. The number of Topliss-reactive ketones (excluding diaryl/α,β-unsaturated/α-hetero) is 1. The predicted octanol–water partition coefficient (Wildman–Crippen LogP) is 5.85. The minimum absolute atomic E-state index is 0.0551. The van der Waals surface area contributed by atoms with Gasteiger partial charge in [0.05, 0.1) is 4.88 Å². The number of aryl methyl sites for hydroxylation is 1. The number of benzene rings is 2. The molecule has 0 bridgehead atoms. The van der Waals surface area contributed by atoms with E-state index in [-0.39, 0.29) is 17.6 Å². The Morgan fingerprint density at radius 3 is 2.48 bits per heavy atom. The topological polar surface area (TPSA) is 75.3 Å². The second-order valence-electron chi connectivity index (χ2n) is 9.05. The van der Waals surface area contributed by atoms with E-state index in [0.29, 0.717) is 40.1 Å². The Kier molecular flexibility index (Phi) is 5.85. The summed E-state index contributed by atoms with van der Waals surface area (Å²) >= 11 is 1.38. The molecule has 0 unspecified atom stereocenters. The van der Waals surface area contributed by atoms with E-state index in [9.17, 15) is 14.4 Å². The van der Waals surface area contributed by atoms with Gasteiger partial charge in [-0.1, -0.05) is 24.3 Å². The molecule has 2 N–H and O–H groups in total. The minimum atomic E-state index is -0.205. The molecule has 0 aliphatic heterocycles. The van der Waals surface area contributed by atoms with Crippen LogP contribution in [-0.2, 0) is 0 Å². The van der Waals surface area contributed by atoms with E-state index in [1.807, 2.05) is 49.4 Å². The van der Waals surface area contributed by atoms with Crippen molar-refractivity contribution < 1.29 is 14.4 Å². The third-order valence-electron chi connectivity index (χ3n) is 6.13. The Bertz CT molecular complexity index is 1240. The van der Waals surface area contributed by atoms with Gasteiger partial charge >= 0.3 is 0 Å². The molecule has 0 radical (unpaired) electrons. The normalized spacial score (nSPS) is 15.2. The Hall–Kier alpha value is -3.25. The maximum Gasteiger partial charge on any atom is 0.265 e. The lowest BCUT2D eigenvalue weighted by Crippen LogP contribution is -2.25. The summed E-state index contributed by atoms with van der Waals surface area (Å²) in [6.45, 7) is 1.92. The summed E-state index contributed by atoms with van der Waals surface area (Å²) in [5.41, 5.74) is 3.76. The summed E-state index contributed by atoms with van der Waals surface area (Å²) in [6, 6.07) is 17.0. The van der Waals surface area contributed by atoms with Crippen molar-refractivity contribution >= 4 is 34.6 Å². The molecule has 2 fully saturated rings. The van der Waals surface area contributed by atoms with Crippen LogP contribution >= 0.6 is 11.3 Å². The molecule has 33 heavy (non-hydrogen) atoms. The Morgan fingerprint density at radius 2 is 1.73 bits per heavy atom. The smallest absolute Gasteiger partial charge is 0.265 e. The summed E-state index contributed by atoms with van der Waals surface area (Å²) in [6.07, 6.45) is 4.95. The average molecular weight is 459 g/mol. The molecule has 5 rings (SSSR count). The number of hydrogen-bond acceptors (Lipinski definition) is 4. The maximum absolute atomic E-state index is 12.9. The lowest BCUT2D eigenvalue weighted by atomic mass is 10.0. The number of carbonyl (C=O) groups excluding carboxylic acids is 3. The van der Waals surface area contributed by atoms with Gasteiger partial charge in [-0.15, -0.1) is 11.3 Å². The molecule has 6 heteroatoms. The molecule has 0 spiro atoms. The van der Waals surface area contributed by atoms with Crippen LogP contribution in [0.25, 0.3) is 10.4 Å². The Labute approximate surface area is 197 Å². The number of ketones is 1. The average Bonchev–Trinajstić information content (AvgIpc) is 3.75. The third kappa shape index (κ3) is 5.22. The molecule has 168 valence electrons. The molecule has 2 saturated carbocycles. The number of hydrogen-bond donors (Lipinski definition) is 2. The van der Waals surface area contributed by atoms with E-state index in [1.54, 1.807) is 12.1 Å². The molecular formula is C27H26N2O3S. The van der Waals surface area contributed by atoms with Crippen LogP contribution in [-0.4, -0.2) is 23.6 Å². The standard InChI is InChI=1S/C27H26N2O3S/c1-16-5-8-18(23(30)13-17-6-7-17)15-22(16)29-27(32)25-12-11-24(33-25)19-3-2-4-20(14-19)26(31)28-21-9-10-21/h2-5,8,11-12,14-15,17,21H,6-7,9-10,13H2,1H3,(H,28,31)(H,29,32). The SMILES string of the molecule is Cc1ccc(C(=O)CC2CC2)cc1NC(=O)c1ccc(-c2cccc(C(=O)NC3CC3)c2)s1. The van der Waals surface area contributed by atoms with Crippen molar-refractivity contribution in [2.75, 3.05) is 5.32 Å². The van der Waals surface area contributed by atoms with Crippen LogP contribution in [0.3, 0.4) is 0 Å². The van der Waals surface area contributed by atoms with Gasteiger partial charge in [0.1, 0.15) is 0 Å². The van der Waals surface area contributed by atoms with Crippen molar-refractivity contribution in [2.24, 2.45) is 5.92 Å². The molecule has 1 aromatic heterocycles. The molecule has 0 saturated heterocycles. The van der Waals surface area contributed by atoms with Crippen molar-refractivity contribution in [2.45, 2.75) is 45.1 Å². The quantitative estimate of drug-likeness (QED) is 0.416. The van der Waals surface area contributed by atoms with Gasteiger partial charge in [0, 0.05) is 34.2 Å². The van der Waals surface area contributed by atoms with Crippen LogP contribution in [0.5, 0.6) is 0 Å². The fraction of sp³-hybridized carbons (Fsp3) is 0.296. The first kappa shape index (κ1) is 21.6. The fourth-order valence-corrected chi connectivity index (χ4v) is 4.64. The van der Waals surface area contributed by atoms with Gasteiger partial charge in [-0.05, 0) is 80.0 Å². The monoisotopic (exact) mass is 458 g/mol. The van der Waals surface area contributed by atoms with Gasteiger partial charge < -0.3 is 10.6 Å². The largest absolute Gasteiger partial charge is 0.349 e. The fourth-order valence-electron chi connectivity index (χ4n) is 3.74. The van der Waals surface area contributed by atoms with Gasteiger partial charge in [0.25, 0.3) is 11.8 Å². The summed E-state index contributed by atoms with van der Waals surface area (Å²) in [4.78, 5) is 39.3. The molecule has 2 aliphatic carbocycles.